The van der Waals surface area contributed by atoms with Gasteiger partial charge in [-0.2, -0.15) is 0 Å². The summed E-state index contributed by atoms with van der Waals surface area (Å²) in [6.45, 7) is 0.745. The molecule has 0 aromatic heterocycles. The fraction of sp³-hybridized carbons (Fsp3) is 0.611. The number of hydrogen-bond donors (Lipinski definition) is 3. The van der Waals surface area contributed by atoms with Crippen LogP contribution in [0.3, 0.4) is 0 Å². The van der Waals surface area contributed by atoms with E-state index in [9.17, 15) is 9.90 Å². The Hall–Kier alpha value is -1.39. The Kier molecular flexibility index (Phi) is 3.10. The van der Waals surface area contributed by atoms with Crippen molar-refractivity contribution in [1.82, 2.24) is 5.32 Å². The fourth-order valence-electron chi connectivity index (χ4n) is 5.48. The summed E-state index contributed by atoms with van der Waals surface area (Å²) in [6.07, 6.45) is 6.50. The number of hydrogen-bond acceptors (Lipinski definition) is 3. The molecule has 5 rings (SSSR count). The number of aliphatic hydroxyl groups is 1. The molecule has 4 nitrogen and oxygen atoms in total. The van der Waals surface area contributed by atoms with E-state index in [0.29, 0.717) is 17.4 Å². The van der Waals surface area contributed by atoms with Crippen LogP contribution in [0.25, 0.3) is 0 Å². The van der Waals surface area contributed by atoms with E-state index in [1.165, 1.54) is 19.3 Å². The molecule has 4 bridgehead atoms. The van der Waals surface area contributed by atoms with Crippen LogP contribution < -0.4 is 5.32 Å². The molecule has 1 aromatic carbocycles. The normalized spacial score (nSPS) is 39.1. The highest BCUT2D eigenvalue weighted by Gasteiger charge is 2.56. The second-order valence-electron chi connectivity index (χ2n) is 7.82. The SMILES string of the molecule is O=C(O)c1ccc(CNC23CC4CC(CC(O)(C4)C2)C3)cc1. The minimum absolute atomic E-state index is 0.0876. The topological polar surface area (TPSA) is 69.6 Å². The average Bonchev–Trinajstić information content (AvgIpc) is 2.43. The predicted octanol–water partition coefficient (Wildman–Crippen LogP) is 2.56. The summed E-state index contributed by atoms with van der Waals surface area (Å²) < 4.78 is 0. The second-order valence-corrected chi connectivity index (χ2v) is 7.82. The van der Waals surface area contributed by atoms with E-state index in [0.717, 1.165) is 31.4 Å². The summed E-state index contributed by atoms with van der Waals surface area (Å²) >= 11 is 0. The monoisotopic (exact) mass is 301 g/mol. The van der Waals surface area contributed by atoms with Gasteiger partial charge in [-0.05, 0) is 68.1 Å². The third-order valence-corrected chi connectivity index (χ3v) is 5.90. The Labute approximate surface area is 130 Å². The van der Waals surface area contributed by atoms with Gasteiger partial charge in [0.25, 0.3) is 0 Å². The van der Waals surface area contributed by atoms with Gasteiger partial charge in [-0.3, -0.25) is 0 Å². The first-order valence-electron chi connectivity index (χ1n) is 8.25. The minimum atomic E-state index is -0.886. The molecule has 0 radical (unpaired) electrons. The number of benzene rings is 1. The Bertz CT molecular complexity index is 581. The van der Waals surface area contributed by atoms with E-state index in [2.05, 4.69) is 5.32 Å². The number of aromatic carboxylic acids is 1. The molecule has 2 atom stereocenters. The van der Waals surface area contributed by atoms with Gasteiger partial charge < -0.3 is 15.5 Å². The summed E-state index contributed by atoms with van der Waals surface area (Å²) in [5, 5.41) is 23.4. The lowest BCUT2D eigenvalue weighted by Gasteiger charge is -2.60. The van der Waals surface area contributed by atoms with Gasteiger partial charge in [-0.15, -0.1) is 0 Å². The molecule has 4 fully saturated rings. The maximum atomic E-state index is 10.9. The van der Waals surface area contributed by atoms with Crippen LogP contribution in [-0.4, -0.2) is 27.3 Å². The van der Waals surface area contributed by atoms with Gasteiger partial charge in [-0.25, -0.2) is 4.79 Å². The molecule has 0 saturated heterocycles. The molecule has 3 N–H and O–H groups in total. The first-order valence-corrected chi connectivity index (χ1v) is 8.25. The van der Waals surface area contributed by atoms with Crippen molar-refractivity contribution in [3.8, 4) is 0 Å². The van der Waals surface area contributed by atoms with Crippen LogP contribution in [0, 0.1) is 11.8 Å². The van der Waals surface area contributed by atoms with E-state index in [1.807, 2.05) is 12.1 Å². The van der Waals surface area contributed by atoms with Crippen molar-refractivity contribution in [3.63, 3.8) is 0 Å². The molecule has 2 unspecified atom stereocenters. The minimum Gasteiger partial charge on any atom is -0.478 e. The van der Waals surface area contributed by atoms with Gasteiger partial charge in [-0.1, -0.05) is 12.1 Å². The molecule has 4 aliphatic rings. The van der Waals surface area contributed by atoms with Crippen molar-refractivity contribution in [2.24, 2.45) is 11.8 Å². The molecule has 0 amide bonds. The number of rotatable bonds is 4. The highest BCUT2D eigenvalue weighted by atomic mass is 16.4. The summed E-state index contributed by atoms with van der Waals surface area (Å²) in [5.74, 6) is 0.462. The van der Waals surface area contributed by atoms with E-state index in [1.54, 1.807) is 12.1 Å². The second kappa shape index (κ2) is 4.80. The Morgan fingerprint density at radius 3 is 2.32 bits per heavy atom. The summed E-state index contributed by atoms with van der Waals surface area (Å²) in [4.78, 5) is 10.9. The molecular formula is C18H23NO3. The summed E-state index contributed by atoms with van der Waals surface area (Å²) in [5.41, 5.74) is 1.08. The molecule has 22 heavy (non-hydrogen) atoms. The van der Waals surface area contributed by atoms with Gasteiger partial charge >= 0.3 is 5.97 Å². The van der Waals surface area contributed by atoms with Crippen molar-refractivity contribution in [2.75, 3.05) is 0 Å². The molecule has 0 spiro atoms. The highest BCUT2D eigenvalue weighted by Crippen LogP contribution is 2.57. The van der Waals surface area contributed by atoms with E-state index in [4.69, 9.17) is 5.11 Å². The van der Waals surface area contributed by atoms with Crippen LogP contribution in [0.2, 0.25) is 0 Å². The lowest BCUT2D eigenvalue weighted by atomic mass is 9.51. The third-order valence-electron chi connectivity index (χ3n) is 5.90. The lowest BCUT2D eigenvalue weighted by molar-refractivity contribution is -0.142. The standard InChI is InChI=1S/C18H23NO3/c20-16(21)15-3-1-12(2-4-15)10-19-17-6-13-5-14(7-17)9-18(22,8-13)11-17/h1-4,13-14,19,22H,5-11H2,(H,20,21). The molecule has 4 heteroatoms. The van der Waals surface area contributed by atoms with Crippen LogP contribution in [0.5, 0.6) is 0 Å². The van der Waals surface area contributed by atoms with Crippen molar-refractivity contribution < 1.29 is 15.0 Å². The Morgan fingerprint density at radius 2 is 1.77 bits per heavy atom. The third kappa shape index (κ3) is 2.44. The largest absolute Gasteiger partial charge is 0.478 e. The predicted molar refractivity (Wildman–Crippen MR) is 82.6 cm³/mol. The number of carboxylic acids is 1. The Balaban J connectivity index is 1.46. The number of carbonyl (C=O) groups is 1. The van der Waals surface area contributed by atoms with Crippen LogP contribution in [-0.2, 0) is 6.54 Å². The van der Waals surface area contributed by atoms with Crippen molar-refractivity contribution in [2.45, 2.75) is 56.2 Å². The summed E-state index contributed by atoms with van der Waals surface area (Å²) in [6, 6.07) is 7.08. The van der Waals surface area contributed by atoms with Crippen LogP contribution in [0.1, 0.15) is 54.4 Å². The molecule has 0 aliphatic heterocycles. The van der Waals surface area contributed by atoms with E-state index >= 15 is 0 Å². The van der Waals surface area contributed by atoms with Gasteiger partial charge in [0.1, 0.15) is 0 Å². The van der Waals surface area contributed by atoms with Crippen LogP contribution >= 0.6 is 0 Å². The maximum Gasteiger partial charge on any atom is 0.335 e. The highest BCUT2D eigenvalue weighted by molar-refractivity contribution is 5.87. The molecule has 1 aromatic rings. The van der Waals surface area contributed by atoms with Gasteiger partial charge in [0, 0.05) is 12.1 Å². The van der Waals surface area contributed by atoms with E-state index in [-0.39, 0.29) is 5.54 Å². The smallest absolute Gasteiger partial charge is 0.335 e. The van der Waals surface area contributed by atoms with E-state index < -0.39 is 11.6 Å². The van der Waals surface area contributed by atoms with Gasteiger partial charge in [0.05, 0.1) is 11.2 Å². The van der Waals surface area contributed by atoms with Crippen molar-refractivity contribution in [3.05, 3.63) is 35.4 Å². The summed E-state index contributed by atoms with van der Waals surface area (Å²) in [7, 11) is 0. The van der Waals surface area contributed by atoms with Gasteiger partial charge in [0.2, 0.25) is 0 Å². The number of nitrogens with one attached hydrogen (secondary N) is 1. The first kappa shape index (κ1) is 14.2. The molecule has 4 saturated carbocycles. The first-order chi connectivity index (χ1) is 10.5. The molecule has 0 heterocycles. The lowest BCUT2D eigenvalue weighted by Crippen LogP contribution is -2.64. The van der Waals surface area contributed by atoms with Crippen molar-refractivity contribution in [1.29, 1.82) is 0 Å². The Morgan fingerprint density at radius 1 is 1.14 bits per heavy atom. The van der Waals surface area contributed by atoms with Crippen molar-refractivity contribution >= 4 is 5.97 Å². The molecule has 118 valence electrons. The fourth-order valence-corrected chi connectivity index (χ4v) is 5.48. The van der Waals surface area contributed by atoms with Gasteiger partial charge in [0.15, 0.2) is 0 Å². The maximum absolute atomic E-state index is 10.9. The molecule has 4 aliphatic carbocycles. The zero-order valence-electron chi connectivity index (χ0n) is 12.7. The average molecular weight is 301 g/mol. The quantitative estimate of drug-likeness (QED) is 0.799. The van der Waals surface area contributed by atoms with Crippen LogP contribution in [0.4, 0.5) is 0 Å². The zero-order chi connectivity index (χ0) is 15.4. The zero-order valence-corrected chi connectivity index (χ0v) is 12.7. The van der Waals surface area contributed by atoms with Crippen LogP contribution in [0.15, 0.2) is 24.3 Å². The number of carboxylic acid groups (broad SMARTS) is 1. The molecular weight excluding hydrogens is 278 g/mol.